The lowest BCUT2D eigenvalue weighted by Gasteiger charge is -2.46. The van der Waals surface area contributed by atoms with E-state index in [0.29, 0.717) is 18.3 Å². The van der Waals surface area contributed by atoms with E-state index in [2.05, 4.69) is 40.9 Å². The molecule has 1 aliphatic heterocycles. The maximum atomic E-state index is 9.33. The monoisotopic (exact) mass is 258 g/mol. The van der Waals surface area contributed by atoms with Gasteiger partial charge in [-0.15, -0.1) is 0 Å². The Morgan fingerprint density at radius 2 is 2.11 bits per heavy atom. The number of nitriles is 1. The second kappa shape index (κ2) is 4.64. The van der Waals surface area contributed by atoms with Crippen molar-refractivity contribution in [2.45, 2.75) is 38.1 Å². The lowest BCUT2D eigenvalue weighted by atomic mass is 9.75. The van der Waals surface area contributed by atoms with Crippen LogP contribution in [0.4, 0.5) is 0 Å². The van der Waals surface area contributed by atoms with Gasteiger partial charge in [0.25, 0.3) is 0 Å². The van der Waals surface area contributed by atoms with Gasteiger partial charge >= 0.3 is 0 Å². The molecule has 2 fully saturated rings. The number of likely N-dealkylation sites (tertiary alicyclic amines) is 1. The largest absolute Gasteiger partial charge is 0.306 e. The van der Waals surface area contributed by atoms with E-state index in [1.54, 1.807) is 0 Å². The van der Waals surface area contributed by atoms with E-state index in [1.165, 1.54) is 18.4 Å². The number of hydrogen-bond acceptors (Lipinski definition) is 3. The highest BCUT2D eigenvalue weighted by Crippen LogP contribution is 2.51. The van der Waals surface area contributed by atoms with Crippen LogP contribution in [-0.2, 0) is 12.0 Å². The molecule has 102 valence electrons. The summed E-state index contributed by atoms with van der Waals surface area (Å²) in [5, 5.41) is 13.9. The number of aromatic nitrogens is 2. The van der Waals surface area contributed by atoms with Crippen LogP contribution in [-0.4, -0.2) is 34.8 Å². The second-order valence-corrected chi connectivity index (χ2v) is 6.17. The molecule has 0 N–H and O–H groups in total. The van der Waals surface area contributed by atoms with Gasteiger partial charge in [-0.25, -0.2) is 0 Å². The Labute approximate surface area is 115 Å². The van der Waals surface area contributed by atoms with Crippen molar-refractivity contribution in [2.75, 3.05) is 20.1 Å². The minimum atomic E-state index is -0.0469. The molecule has 1 saturated heterocycles. The fourth-order valence-corrected chi connectivity index (χ4v) is 4.20. The molecular formula is C15H22N4. The summed E-state index contributed by atoms with van der Waals surface area (Å²) in [5.74, 6) is 1.14. The van der Waals surface area contributed by atoms with Crippen molar-refractivity contribution >= 4 is 0 Å². The summed E-state index contributed by atoms with van der Waals surface area (Å²) in [5.41, 5.74) is 1.23. The van der Waals surface area contributed by atoms with Crippen LogP contribution in [0.5, 0.6) is 0 Å². The quantitative estimate of drug-likeness (QED) is 0.833. The lowest BCUT2D eigenvalue weighted by Crippen LogP contribution is -2.54. The van der Waals surface area contributed by atoms with Gasteiger partial charge in [-0.2, -0.15) is 10.4 Å². The highest BCUT2D eigenvalue weighted by Gasteiger charge is 2.55. The van der Waals surface area contributed by atoms with E-state index in [9.17, 15) is 5.26 Å². The topological polar surface area (TPSA) is 44.9 Å². The van der Waals surface area contributed by atoms with Gasteiger partial charge in [0.2, 0.25) is 0 Å². The maximum Gasteiger partial charge on any atom is 0.0837 e. The first-order chi connectivity index (χ1) is 9.20. The Hall–Kier alpha value is -1.34. The van der Waals surface area contributed by atoms with E-state index < -0.39 is 0 Å². The predicted octanol–water partition coefficient (Wildman–Crippen LogP) is 2.03. The van der Waals surface area contributed by atoms with Crippen molar-refractivity contribution < 1.29 is 0 Å². The summed E-state index contributed by atoms with van der Waals surface area (Å²) in [4.78, 5) is 2.42. The standard InChI is InChI=1S/C15H22N4/c1-3-12-8-17-19(9-12)15(6-7-16)13-4-5-14(15)11-18(2)10-13/h8-9,13-14H,3-6,10-11H2,1-2H3/t13-,14+,15+. The summed E-state index contributed by atoms with van der Waals surface area (Å²) in [6, 6.07) is 2.44. The van der Waals surface area contributed by atoms with Crippen molar-refractivity contribution in [1.29, 1.82) is 5.26 Å². The SMILES string of the molecule is CCc1cnn([C@@]2(CC#N)[C@@H]3CC[C@H]2CN(C)C3)c1. The summed E-state index contributed by atoms with van der Waals surface area (Å²) in [6.07, 6.45) is 8.22. The summed E-state index contributed by atoms with van der Waals surface area (Å²) >= 11 is 0. The van der Waals surface area contributed by atoms with Crippen molar-refractivity contribution in [3.8, 4) is 6.07 Å². The van der Waals surface area contributed by atoms with E-state index in [1.807, 2.05) is 6.20 Å². The molecule has 3 atom stereocenters. The fraction of sp³-hybridized carbons (Fsp3) is 0.733. The number of aryl methyl sites for hydroxylation is 1. The highest BCUT2D eigenvalue weighted by molar-refractivity contribution is 5.14. The predicted molar refractivity (Wildman–Crippen MR) is 73.5 cm³/mol. The first-order valence-corrected chi connectivity index (χ1v) is 7.30. The molecule has 4 heteroatoms. The van der Waals surface area contributed by atoms with Crippen molar-refractivity contribution in [3.63, 3.8) is 0 Å². The normalized spacial score (nSPS) is 34.4. The van der Waals surface area contributed by atoms with Crippen LogP contribution in [0.3, 0.4) is 0 Å². The van der Waals surface area contributed by atoms with Gasteiger partial charge < -0.3 is 4.90 Å². The van der Waals surface area contributed by atoms with E-state index in [0.717, 1.165) is 19.5 Å². The molecule has 4 nitrogen and oxygen atoms in total. The Morgan fingerprint density at radius 3 is 2.63 bits per heavy atom. The molecule has 2 bridgehead atoms. The average molecular weight is 258 g/mol. The first kappa shape index (κ1) is 12.7. The summed E-state index contributed by atoms with van der Waals surface area (Å²) in [6.45, 7) is 4.35. The van der Waals surface area contributed by atoms with Gasteiger partial charge in [-0.3, -0.25) is 4.68 Å². The number of piperidine rings is 1. The molecule has 1 saturated carbocycles. The number of hydrogen-bond donors (Lipinski definition) is 0. The zero-order valence-corrected chi connectivity index (χ0v) is 11.8. The molecule has 1 aromatic heterocycles. The summed E-state index contributed by atoms with van der Waals surface area (Å²) in [7, 11) is 2.20. The molecule has 0 radical (unpaired) electrons. The molecule has 19 heavy (non-hydrogen) atoms. The van der Waals surface area contributed by atoms with Gasteiger partial charge in [0, 0.05) is 19.3 Å². The minimum Gasteiger partial charge on any atom is -0.306 e. The molecular weight excluding hydrogens is 236 g/mol. The smallest absolute Gasteiger partial charge is 0.0837 e. The molecule has 0 aromatic carbocycles. The van der Waals surface area contributed by atoms with Gasteiger partial charge in [0.15, 0.2) is 0 Å². The maximum absolute atomic E-state index is 9.33. The van der Waals surface area contributed by atoms with Gasteiger partial charge in [-0.05, 0) is 43.7 Å². The van der Waals surface area contributed by atoms with Crippen LogP contribution in [0.25, 0.3) is 0 Å². The molecule has 2 aliphatic rings. The lowest BCUT2D eigenvalue weighted by molar-refractivity contribution is 0.0347. The Bertz CT molecular complexity index is 484. The summed E-state index contributed by atoms with van der Waals surface area (Å²) < 4.78 is 2.14. The van der Waals surface area contributed by atoms with E-state index in [-0.39, 0.29) is 5.54 Å². The van der Waals surface area contributed by atoms with Crippen molar-refractivity contribution in [1.82, 2.24) is 14.7 Å². The van der Waals surface area contributed by atoms with Crippen LogP contribution in [0.15, 0.2) is 12.4 Å². The van der Waals surface area contributed by atoms with E-state index >= 15 is 0 Å². The number of fused-ring (bicyclic) bond motifs is 2. The van der Waals surface area contributed by atoms with Crippen LogP contribution in [0.1, 0.15) is 31.7 Å². The number of rotatable bonds is 3. The molecule has 3 rings (SSSR count). The molecule has 0 spiro atoms. The minimum absolute atomic E-state index is 0.0469. The van der Waals surface area contributed by atoms with Crippen LogP contribution in [0.2, 0.25) is 0 Å². The average Bonchev–Trinajstić information content (AvgIpc) is 2.93. The zero-order valence-electron chi connectivity index (χ0n) is 11.8. The molecule has 0 amide bonds. The first-order valence-electron chi connectivity index (χ1n) is 7.30. The second-order valence-electron chi connectivity index (χ2n) is 6.17. The Balaban J connectivity index is 2.03. The Kier molecular flexibility index (Phi) is 3.10. The Morgan fingerprint density at radius 1 is 1.42 bits per heavy atom. The highest BCUT2D eigenvalue weighted by atomic mass is 15.3. The van der Waals surface area contributed by atoms with Crippen LogP contribution < -0.4 is 0 Å². The van der Waals surface area contributed by atoms with Gasteiger partial charge in [0.05, 0.1) is 24.2 Å². The third-order valence-electron chi connectivity index (χ3n) is 5.17. The third-order valence-corrected chi connectivity index (χ3v) is 5.17. The number of nitrogens with zero attached hydrogens (tertiary/aromatic N) is 4. The molecule has 1 aliphatic carbocycles. The molecule has 0 unspecified atom stereocenters. The fourth-order valence-electron chi connectivity index (χ4n) is 4.20. The van der Waals surface area contributed by atoms with Gasteiger partial charge in [0.1, 0.15) is 0 Å². The third kappa shape index (κ3) is 1.80. The van der Waals surface area contributed by atoms with E-state index in [4.69, 9.17) is 0 Å². The zero-order chi connectivity index (χ0) is 13.5. The van der Waals surface area contributed by atoms with Gasteiger partial charge in [-0.1, -0.05) is 6.92 Å². The van der Waals surface area contributed by atoms with Crippen LogP contribution >= 0.6 is 0 Å². The van der Waals surface area contributed by atoms with Crippen molar-refractivity contribution in [3.05, 3.63) is 18.0 Å². The molecule has 1 aromatic rings. The van der Waals surface area contributed by atoms with Crippen molar-refractivity contribution in [2.24, 2.45) is 11.8 Å². The molecule has 2 heterocycles. The van der Waals surface area contributed by atoms with Crippen LogP contribution in [0, 0.1) is 23.2 Å².